The average Bonchev–Trinajstić information content (AvgIpc) is 3.17. The van der Waals surface area contributed by atoms with Gasteiger partial charge in [0.05, 0.1) is 12.2 Å². The molecule has 0 spiro atoms. The molecule has 0 aliphatic heterocycles. The molecule has 2 aliphatic rings. The van der Waals surface area contributed by atoms with E-state index < -0.39 is 0 Å². The van der Waals surface area contributed by atoms with Gasteiger partial charge in [-0.15, -0.1) is 6.42 Å². The Labute approximate surface area is 115 Å². The molecule has 19 heavy (non-hydrogen) atoms. The third-order valence-corrected chi connectivity index (χ3v) is 4.58. The van der Waals surface area contributed by atoms with Crippen LogP contribution in [0.15, 0.2) is 0 Å². The molecule has 2 fully saturated rings. The highest BCUT2D eigenvalue weighted by Gasteiger charge is 2.33. The van der Waals surface area contributed by atoms with E-state index in [0.29, 0.717) is 18.4 Å². The molecule has 3 rings (SSSR count). The highest BCUT2D eigenvalue weighted by molar-refractivity contribution is 5.42. The molecule has 2 atom stereocenters. The predicted molar refractivity (Wildman–Crippen MR) is 77.8 cm³/mol. The van der Waals surface area contributed by atoms with Crippen LogP contribution in [0.25, 0.3) is 0 Å². The fourth-order valence-electron chi connectivity index (χ4n) is 3.40. The van der Waals surface area contributed by atoms with Crippen molar-refractivity contribution in [3.05, 3.63) is 11.5 Å². The summed E-state index contributed by atoms with van der Waals surface area (Å²) in [7, 11) is 0. The Bertz CT molecular complexity index is 505. The Balaban J connectivity index is 1.92. The van der Waals surface area contributed by atoms with Crippen LogP contribution in [0.4, 0.5) is 5.82 Å². The largest absolute Gasteiger partial charge is 0.384 e. The van der Waals surface area contributed by atoms with Crippen molar-refractivity contribution in [1.82, 2.24) is 9.55 Å². The van der Waals surface area contributed by atoms with Gasteiger partial charge < -0.3 is 10.3 Å². The molecule has 1 aromatic rings. The van der Waals surface area contributed by atoms with Crippen molar-refractivity contribution in [2.24, 2.45) is 5.92 Å². The van der Waals surface area contributed by atoms with Gasteiger partial charge in [0.2, 0.25) is 0 Å². The lowest BCUT2D eigenvalue weighted by Crippen LogP contribution is -2.14. The Hall–Kier alpha value is -1.43. The van der Waals surface area contributed by atoms with Gasteiger partial charge in [0.25, 0.3) is 0 Å². The van der Waals surface area contributed by atoms with Gasteiger partial charge in [-0.05, 0) is 31.6 Å². The third-order valence-electron chi connectivity index (χ3n) is 4.58. The number of nitrogens with two attached hydrogens (primary N) is 1. The molecule has 1 heterocycles. The molecule has 102 valence electrons. The topological polar surface area (TPSA) is 43.8 Å². The van der Waals surface area contributed by atoms with Gasteiger partial charge in [-0.25, -0.2) is 4.98 Å². The van der Waals surface area contributed by atoms with Crippen LogP contribution in [0.1, 0.15) is 68.8 Å². The Morgan fingerprint density at radius 3 is 2.74 bits per heavy atom. The first-order chi connectivity index (χ1) is 9.20. The van der Waals surface area contributed by atoms with Crippen LogP contribution < -0.4 is 5.73 Å². The quantitative estimate of drug-likeness (QED) is 0.845. The first-order valence-electron chi connectivity index (χ1n) is 7.50. The van der Waals surface area contributed by atoms with Crippen LogP contribution in [0.2, 0.25) is 0 Å². The number of hydrogen-bond acceptors (Lipinski definition) is 2. The maximum atomic E-state index is 6.34. The lowest BCUT2D eigenvalue weighted by molar-refractivity contribution is 0.341. The molecule has 2 unspecified atom stereocenters. The number of hydrogen-bond donors (Lipinski definition) is 1. The minimum atomic E-state index is 0.542. The zero-order valence-corrected chi connectivity index (χ0v) is 11.7. The first kappa shape index (κ1) is 12.6. The minimum absolute atomic E-state index is 0.542. The molecule has 2 aliphatic carbocycles. The summed E-state index contributed by atoms with van der Waals surface area (Å²) < 4.78 is 2.08. The summed E-state index contributed by atoms with van der Waals surface area (Å²) in [6.45, 7) is 2.90. The van der Waals surface area contributed by atoms with Gasteiger partial charge >= 0.3 is 0 Å². The number of rotatable bonds is 3. The number of aromatic nitrogens is 2. The molecule has 1 aromatic heterocycles. The second-order valence-electron chi connectivity index (χ2n) is 6.27. The van der Waals surface area contributed by atoms with E-state index in [1.165, 1.54) is 38.5 Å². The van der Waals surface area contributed by atoms with Gasteiger partial charge in [0.1, 0.15) is 11.6 Å². The predicted octanol–water partition coefficient (Wildman–Crippen LogP) is 3.27. The highest BCUT2D eigenvalue weighted by Crippen LogP contribution is 2.44. The van der Waals surface area contributed by atoms with E-state index in [2.05, 4.69) is 17.4 Å². The molecule has 2 saturated carbocycles. The number of nitrogens with zero attached hydrogens (tertiary/aromatic N) is 2. The van der Waals surface area contributed by atoms with Crippen LogP contribution in [0.5, 0.6) is 0 Å². The first-order valence-corrected chi connectivity index (χ1v) is 7.50. The summed E-state index contributed by atoms with van der Waals surface area (Å²) >= 11 is 0. The van der Waals surface area contributed by atoms with Gasteiger partial charge in [-0.2, -0.15) is 0 Å². The molecule has 0 saturated heterocycles. The summed E-state index contributed by atoms with van der Waals surface area (Å²) in [4.78, 5) is 4.89. The van der Waals surface area contributed by atoms with E-state index in [1.54, 1.807) is 0 Å². The van der Waals surface area contributed by atoms with Crippen molar-refractivity contribution in [2.75, 3.05) is 5.73 Å². The van der Waals surface area contributed by atoms with Crippen molar-refractivity contribution in [1.29, 1.82) is 0 Å². The molecule has 0 aromatic carbocycles. The number of terminal acetylenes is 1. The summed E-state index contributed by atoms with van der Waals surface area (Å²) in [6, 6.07) is 0. The lowest BCUT2D eigenvalue weighted by atomic mass is 9.81. The summed E-state index contributed by atoms with van der Waals surface area (Å²) in [6.07, 6.45) is 13.0. The monoisotopic (exact) mass is 257 g/mol. The fourth-order valence-corrected chi connectivity index (χ4v) is 3.40. The van der Waals surface area contributed by atoms with Gasteiger partial charge in [0, 0.05) is 11.8 Å². The summed E-state index contributed by atoms with van der Waals surface area (Å²) in [5.41, 5.74) is 7.47. The Kier molecular flexibility index (Phi) is 3.26. The van der Waals surface area contributed by atoms with Gasteiger partial charge in [0.15, 0.2) is 0 Å². The van der Waals surface area contributed by atoms with Crippen LogP contribution >= 0.6 is 0 Å². The fraction of sp³-hybridized carbons (Fsp3) is 0.688. The molecular weight excluding hydrogens is 234 g/mol. The zero-order valence-electron chi connectivity index (χ0n) is 11.7. The van der Waals surface area contributed by atoms with Gasteiger partial charge in [-0.3, -0.25) is 0 Å². The molecule has 0 radical (unpaired) electrons. The van der Waals surface area contributed by atoms with E-state index in [4.69, 9.17) is 17.1 Å². The van der Waals surface area contributed by atoms with E-state index >= 15 is 0 Å². The van der Waals surface area contributed by atoms with Gasteiger partial charge in [-0.1, -0.05) is 25.7 Å². The second kappa shape index (κ2) is 4.92. The molecule has 0 amide bonds. The zero-order chi connectivity index (χ0) is 13.4. The van der Waals surface area contributed by atoms with Crippen molar-refractivity contribution in [2.45, 2.75) is 63.8 Å². The number of imidazole rings is 1. The van der Waals surface area contributed by atoms with E-state index in [1.807, 2.05) is 0 Å². The molecule has 0 bridgehead atoms. The normalized spacial score (nSPS) is 27.2. The standard InChI is InChI=1S/C16H23N3/c1-3-9-19-15(17)14(18-16(19)12-7-8-12)13-6-4-5-11(2)10-13/h1,11-13H,4-10,17H2,2H3. The lowest BCUT2D eigenvalue weighted by Gasteiger charge is -2.25. The van der Waals surface area contributed by atoms with E-state index in [0.717, 1.165) is 23.3 Å². The van der Waals surface area contributed by atoms with Crippen molar-refractivity contribution in [3.8, 4) is 12.3 Å². The van der Waals surface area contributed by atoms with Crippen LogP contribution in [0.3, 0.4) is 0 Å². The average molecular weight is 257 g/mol. The third kappa shape index (κ3) is 2.36. The second-order valence-corrected chi connectivity index (χ2v) is 6.27. The van der Waals surface area contributed by atoms with E-state index in [9.17, 15) is 0 Å². The molecule has 2 N–H and O–H groups in total. The smallest absolute Gasteiger partial charge is 0.127 e. The Morgan fingerprint density at radius 2 is 2.11 bits per heavy atom. The Morgan fingerprint density at radius 1 is 1.32 bits per heavy atom. The summed E-state index contributed by atoms with van der Waals surface area (Å²) in [5.74, 6) is 6.63. The molecule has 3 nitrogen and oxygen atoms in total. The minimum Gasteiger partial charge on any atom is -0.384 e. The SMILES string of the molecule is C#CCn1c(C2CC2)nc(C2CCCC(C)C2)c1N. The number of nitrogen functional groups attached to an aromatic ring is 1. The van der Waals surface area contributed by atoms with Crippen molar-refractivity contribution in [3.63, 3.8) is 0 Å². The van der Waals surface area contributed by atoms with Crippen LogP contribution in [-0.4, -0.2) is 9.55 Å². The van der Waals surface area contributed by atoms with Crippen molar-refractivity contribution >= 4 is 5.82 Å². The number of anilines is 1. The molecule has 3 heteroatoms. The van der Waals surface area contributed by atoms with Crippen LogP contribution in [0, 0.1) is 18.3 Å². The highest BCUT2D eigenvalue weighted by atomic mass is 15.1. The molecular formula is C16H23N3. The van der Waals surface area contributed by atoms with E-state index in [-0.39, 0.29) is 0 Å². The summed E-state index contributed by atoms with van der Waals surface area (Å²) in [5, 5.41) is 0. The maximum Gasteiger partial charge on any atom is 0.127 e. The van der Waals surface area contributed by atoms with Crippen molar-refractivity contribution < 1.29 is 0 Å². The van der Waals surface area contributed by atoms with Crippen LogP contribution in [-0.2, 0) is 6.54 Å². The maximum absolute atomic E-state index is 6.34.